The highest BCUT2D eigenvalue weighted by atomic mass is 32.2. The summed E-state index contributed by atoms with van der Waals surface area (Å²) < 4.78 is 52.8. The summed E-state index contributed by atoms with van der Waals surface area (Å²) in [6.07, 6.45) is 2.44. The van der Waals surface area contributed by atoms with E-state index in [-0.39, 0.29) is 5.69 Å². The fraction of sp³-hybridized carbons (Fsp3) is 0.143. The maximum Gasteiger partial charge on any atom is 0.224 e. The average molecular weight is 338 g/mol. The van der Waals surface area contributed by atoms with Crippen LogP contribution in [0.4, 0.5) is 14.7 Å². The molecular formula is C14H12F2N4O2S. The van der Waals surface area contributed by atoms with Crippen molar-refractivity contribution in [2.45, 2.75) is 4.90 Å². The third kappa shape index (κ3) is 2.63. The molecule has 3 rings (SSSR count). The molecule has 0 amide bonds. The van der Waals surface area contributed by atoms with E-state index in [1.54, 1.807) is 19.3 Å². The zero-order valence-electron chi connectivity index (χ0n) is 12.2. The topological polar surface area (TPSA) is 76.4 Å². The van der Waals surface area contributed by atoms with Crippen LogP contribution in [0.3, 0.4) is 0 Å². The van der Waals surface area contributed by atoms with Crippen molar-refractivity contribution in [3.8, 4) is 11.3 Å². The van der Waals surface area contributed by atoms with E-state index in [9.17, 15) is 17.2 Å². The van der Waals surface area contributed by atoms with Gasteiger partial charge in [0, 0.05) is 13.3 Å². The second kappa shape index (κ2) is 5.27. The summed E-state index contributed by atoms with van der Waals surface area (Å²) in [5.74, 6) is -1.58. The first kappa shape index (κ1) is 15.3. The molecular weight excluding hydrogens is 326 g/mol. The maximum absolute atomic E-state index is 14.3. The van der Waals surface area contributed by atoms with Crippen LogP contribution in [0.5, 0.6) is 0 Å². The molecule has 120 valence electrons. The Morgan fingerprint density at radius 1 is 1.17 bits per heavy atom. The molecule has 0 fully saturated rings. The minimum Gasteiger partial charge on any atom is -0.357 e. The van der Waals surface area contributed by atoms with Crippen molar-refractivity contribution < 1.29 is 17.2 Å². The number of imidazole rings is 1. The first-order chi connectivity index (χ1) is 10.8. The molecule has 23 heavy (non-hydrogen) atoms. The number of anilines is 1. The Labute approximate surface area is 130 Å². The van der Waals surface area contributed by atoms with Gasteiger partial charge >= 0.3 is 0 Å². The number of hydrogen-bond donors (Lipinski definition) is 1. The lowest BCUT2D eigenvalue weighted by Crippen LogP contribution is -2.04. The predicted molar refractivity (Wildman–Crippen MR) is 81.0 cm³/mol. The first-order valence-corrected chi connectivity index (χ1v) is 8.42. The van der Waals surface area contributed by atoms with Crippen molar-refractivity contribution in [1.29, 1.82) is 0 Å². The Kier molecular flexibility index (Phi) is 3.52. The van der Waals surface area contributed by atoms with Gasteiger partial charge in [0.25, 0.3) is 0 Å². The highest BCUT2D eigenvalue weighted by molar-refractivity contribution is 7.90. The van der Waals surface area contributed by atoms with Gasteiger partial charge < -0.3 is 5.32 Å². The van der Waals surface area contributed by atoms with Gasteiger partial charge in [0.05, 0.1) is 27.9 Å². The first-order valence-electron chi connectivity index (χ1n) is 6.53. The van der Waals surface area contributed by atoms with Crippen molar-refractivity contribution >= 4 is 21.3 Å². The fourth-order valence-corrected chi connectivity index (χ4v) is 2.83. The largest absolute Gasteiger partial charge is 0.357 e. The van der Waals surface area contributed by atoms with Crippen LogP contribution in [0, 0.1) is 11.6 Å². The van der Waals surface area contributed by atoms with E-state index in [0.29, 0.717) is 11.5 Å². The summed E-state index contributed by atoms with van der Waals surface area (Å²) in [5, 5.41) is 6.96. The Hall–Kier alpha value is -2.55. The average Bonchev–Trinajstić information content (AvgIpc) is 2.88. The molecule has 2 heterocycles. The van der Waals surface area contributed by atoms with Gasteiger partial charge in [-0.2, -0.15) is 9.61 Å². The Morgan fingerprint density at radius 2 is 1.83 bits per heavy atom. The molecule has 1 N–H and O–H groups in total. The molecule has 9 heteroatoms. The minimum atomic E-state index is -3.71. The smallest absolute Gasteiger partial charge is 0.224 e. The van der Waals surface area contributed by atoms with E-state index in [2.05, 4.69) is 15.4 Å². The summed E-state index contributed by atoms with van der Waals surface area (Å²) in [4.78, 5) is 3.64. The molecule has 0 unspecified atom stereocenters. The minimum absolute atomic E-state index is 0.0297. The zero-order chi connectivity index (χ0) is 16.8. The van der Waals surface area contributed by atoms with Crippen molar-refractivity contribution in [2.24, 2.45) is 0 Å². The number of nitrogens with one attached hydrogen (secondary N) is 1. The van der Waals surface area contributed by atoms with Gasteiger partial charge in [-0.3, -0.25) is 0 Å². The van der Waals surface area contributed by atoms with E-state index >= 15 is 0 Å². The number of nitrogens with zero attached hydrogens (tertiary/aromatic N) is 3. The summed E-state index contributed by atoms with van der Waals surface area (Å²) in [7, 11) is -2.06. The van der Waals surface area contributed by atoms with Crippen molar-refractivity contribution in [3.05, 3.63) is 42.1 Å². The molecule has 0 aliphatic rings. The van der Waals surface area contributed by atoms with E-state index in [1.165, 1.54) is 10.6 Å². The van der Waals surface area contributed by atoms with Crippen molar-refractivity contribution in [2.75, 3.05) is 18.6 Å². The number of halogens is 2. The van der Waals surface area contributed by atoms with Gasteiger partial charge in [-0.1, -0.05) is 0 Å². The SMILES string of the molecule is CNc1ncc2ccc(-c3c(F)cc(S(C)(=O)=O)cc3F)nn12. The van der Waals surface area contributed by atoms with Crippen LogP contribution in [0.2, 0.25) is 0 Å². The number of hydrogen-bond acceptors (Lipinski definition) is 5. The number of aromatic nitrogens is 3. The predicted octanol–water partition coefficient (Wildman–Crippen LogP) is 2.12. The van der Waals surface area contributed by atoms with Crippen LogP contribution >= 0.6 is 0 Å². The molecule has 3 aromatic rings. The monoisotopic (exact) mass is 338 g/mol. The van der Waals surface area contributed by atoms with Crippen LogP contribution in [0.25, 0.3) is 16.8 Å². The normalized spacial score (nSPS) is 11.8. The molecule has 0 spiro atoms. The van der Waals surface area contributed by atoms with E-state index < -0.39 is 31.9 Å². The standard InChI is InChI=1S/C14H12F2N4O2S/c1-17-14-18-7-8-3-4-12(19-20(8)14)13-10(15)5-9(6-11(13)16)23(2,21)22/h3-7H,1-2H3,(H,17,18). The van der Waals surface area contributed by atoms with Crippen LogP contribution in [0.1, 0.15) is 0 Å². The van der Waals surface area contributed by atoms with Gasteiger partial charge in [-0.25, -0.2) is 22.2 Å². The van der Waals surface area contributed by atoms with E-state index in [4.69, 9.17) is 0 Å². The third-order valence-electron chi connectivity index (χ3n) is 3.31. The number of rotatable bonds is 3. The molecule has 0 saturated carbocycles. The van der Waals surface area contributed by atoms with Gasteiger partial charge in [-0.05, 0) is 24.3 Å². The summed E-state index contributed by atoms with van der Waals surface area (Å²) in [6, 6.07) is 4.62. The van der Waals surface area contributed by atoms with Crippen LogP contribution < -0.4 is 5.32 Å². The number of fused-ring (bicyclic) bond motifs is 1. The molecule has 6 nitrogen and oxygen atoms in total. The van der Waals surface area contributed by atoms with Crippen molar-refractivity contribution in [1.82, 2.24) is 14.6 Å². The lowest BCUT2D eigenvalue weighted by atomic mass is 10.1. The lowest BCUT2D eigenvalue weighted by molar-refractivity contribution is 0.572. The number of benzene rings is 1. The fourth-order valence-electron chi connectivity index (χ4n) is 2.20. The van der Waals surface area contributed by atoms with E-state index in [0.717, 1.165) is 18.4 Å². The summed E-state index contributed by atoms with van der Waals surface area (Å²) >= 11 is 0. The molecule has 0 saturated heterocycles. The number of sulfone groups is 1. The maximum atomic E-state index is 14.3. The van der Waals surface area contributed by atoms with Crippen molar-refractivity contribution in [3.63, 3.8) is 0 Å². The van der Waals surface area contributed by atoms with Gasteiger partial charge in [0.2, 0.25) is 5.95 Å². The highest BCUT2D eigenvalue weighted by Crippen LogP contribution is 2.28. The lowest BCUT2D eigenvalue weighted by Gasteiger charge is -2.08. The van der Waals surface area contributed by atoms with E-state index in [1.807, 2.05) is 0 Å². The van der Waals surface area contributed by atoms with Crippen LogP contribution in [0.15, 0.2) is 35.4 Å². The van der Waals surface area contributed by atoms with Gasteiger partial charge in [0.15, 0.2) is 9.84 Å². The van der Waals surface area contributed by atoms with Gasteiger partial charge in [-0.15, -0.1) is 0 Å². The molecule has 2 aromatic heterocycles. The Bertz CT molecular complexity index is 992. The van der Waals surface area contributed by atoms with Crippen LogP contribution in [-0.2, 0) is 9.84 Å². The van der Waals surface area contributed by atoms with Gasteiger partial charge in [0.1, 0.15) is 11.6 Å². The second-order valence-electron chi connectivity index (χ2n) is 4.92. The molecule has 0 bridgehead atoms. The zero-order valence-corrected chi connectivity index (χ0v) is 13.0. The Morgan fingerprint density at radius 3 is 2.39 bits per heavy atom. The molecule has 0 aliphatic heterocycles. The molecule has 0 atom stereocenters. The van der Waals surface area contributed by atoms with Crippen LogP contribution in [-0.4, -0.2) is 36.3 Å². The Balaban J connectivity index is 2.22. The molecule has 1 aromatic carbocycles. The summed E-state index contributed by atoms with van der Waals surface area (Å²) in [6.45, 7) is 0. The summed E-state index contributed by atoms with van der Waals surface area (Å²) in [5.41, 5.74) is 0.281. The highest BCUT2D eigenvalue weighted by Gasteiger charge is 2.19. The second-order valence-corrected chi connectivity index (χ2v) is 6.94. The third-order valence-corrected chi connectivity index (χ3v) is 4.40. The quantitative estimate of drug-likeness (QED) is 0.792. The molecule has 0 radical (unpaired) electrons. The molecule has 0 aliphatic carbocycles.